The Bertz CT molecular complexity index is 8660. The number of anilines is 6. The number of para-hydroxylation sites is 5. The molecule has 4 nitrogen and oxygen atoms in total. The average Bonchev–Trinajstić information content (AvgIpc) is 1.51. The van der Waals surface area contributed by atoms with Gasteiger partial charge in [0.05, 0.1) is 32.9 Å². The molecule has 0 saturated carbocycles. The zero-order valence-corrected chi connectivity index (χ0v) is 74.6. The van der Waals surface area contributed by atoms with Crippen molar-refractivity contribution in [2.45, 2.75) is 30.1 Å². The molecule has 0 unspecified atom stereocenters. The van der Waals surface area contributed by atoms with Crippen molar-refractivity contribution in [3.05, 3.63) is 553 Å². The van der Waals surface area contributed by atoms with Crippen LogP contribution in [0, 0.1) is 0 Å². The van der Waals surface area contributed by atoms with Crippen LogP contribution < -0.4 is 9.80 Å². The number of fused-ring (bicyclic) bond motifs is 29. The molecule has 0 saturated heterocycles. The summed E-state index contributed by atoms with van der Waals surface area (Å²) in [5, 5.41) is 4.99. The summed E-state index contributed by atoms with van der Waals surface area (Å²) in [7, 11) is 0. The predicted molar refractivity (Wildman–Crippen MR) is 563 cm³/mol. The molecular formula is C131H88N4. The van der Waals surface area contributed by atoms with Gasteiger partial charge in [-0.05, 0) is 289 Å². The zero-order chi connectivity index (χ0) is 89.2. The van der Waals surface area contributed by atoms with Gasteiger partial charge in [0.25, 0.3) is 0 Å². The van der Waals surface area contributed by atoms with Crippen LogP contribution in [-0.2, 0) is 16.2 Å². The Morgan fingerprint density at radius 3 is 0.874 bits per heavy atom. The molecule has 28 rings (SSSR count). The minimum atomic E-state index is -0.407. The third kappa shape index (κ3) is 11.7. The fourth-order valence-corrected chi connectivity index (χ4v) is 24.2. The van der Waals surface area contributed by atoms with Gasteiger partial charge in [0, 0.05) is 72.5 Å². The van der Waals surface area contributed by atoms with E-state index in [0.29, 0.717) is 0 Å². The van der Waals surface area contributed by atoms with Crippen molar-refractivity contribution in [3.63, 3.8) is 0 Å². The second-order valence-electron chi connectivity index (χ2n) is 37.2. The monoisotopic (exact) mass is 1720 g/mol. The summed E-state index contributed by atoms with van der Waals surface area (Å²) in [5.74, 6) is 0. The molecule has 0 amide bonds. The SMILES string of the molecule is CC1(C)c2ccccc2-c2ccc(N(c3ccccc3)c3cccc(-c4cccc(-c5ccc6c7ccccc7n(-c7ccc8c(c7)-c7ccccc7C87c8ccccc8-c8ccccc87)c6c5)c4)c3)cc21.c1ccc(N(c2ccccc2)c2cccc(-c3cccc(-c4ccc5c6ccccc6n(-c6ccc7c(c6)C6(c8ccccc8-c8ccccc86)c6ccccc6-7)c5c4)c3)c2)cc1. The average molecular weight is 1720 g/mol. The van der Waals surface area contributed by atoms with Crippen LogP contribution in [0.15, 0.2) is 497 Å². The van der Waals surface area contributed by atoms with Crippen molar-refractivity contribution in [1.29, 1.82) is 0 Å². The van der Waals surface area contributed by atoms with Crippen molar-refractivity contribution < 1.29 is 0 Å². The highest BCUT2D eigenvalue weighted by atomic mass is 15.1. The van der Waals surface area contributed by atoms with Crippen molar-refractivity contribution in [2.75, 3.05) is 9.80 Å². The molecule has 23 aromatic rings. The van der Waals surface area contributed by atoms with Crippen LogP contribution in [0.5, 0.6) is 0 Å². The predicted octanol–water partition coefficient (Wildman–Crippen LogP) is 34.2. The minimum absolute atomic E-state index is 0.100. The first kappa shape index (κ1) is 77.7. The fraction of sp³-hybridized carbons (Fsp3) is 0.0382. The summed E-state index contributed by atoms with van der Waals surface area (Å²) in [6.45, 7) is 4.71. The van der Waals surface area contributed by atoms with Gasteiger partial charge >= 0.3 is 0 Å². The highest BCUT2D eigenvalue weighted by molar-refractivity contribution is 6.13. The van der Waals surface area contributed by atoms with Gasteiger partial charge in [-0.15, -0.1) is 0 Å². The van der Waals surface area contributed by atoms with Gasteiger partial charge in [-0.2, -0.15) is 0 Å². The summed E-state index contributed by atoms with van der Waals surface area (Å²) in [6, 6.07) is 184. The first-order valence-corrected chi connectivity index (χ1v) is 47.1. The lowest BCUT2D eigenvalue weighted by Crippen LogP contribution is -2.26. The fourth-order valence-electron chi connectivity index (χ4n) is 24.2. The Labute approximate surface area is 785 Å². The lowest BCUT2D eigenvalue weighted by atomic mass is 9.70. The maximum Gasteiger partial charge on any atom is 0.0726 e. The molecule has 4 heteroatoms. The molecule has 0 bridgehead atoms. The molecule has 632 valence electrons. The van der Waals surface area contributed by atoms with Gasteiger partial charge in [0.2, 0.25) is 0 Å². The van der Waals surface area contributed by atoms with Crippen molar-refractivity contribution in [3.8, 4) is 112 Å². The van der Waals surface area contributed by atoms with Crippen molar-refractivity contribution in [1.82, 2.24) is 9.13 Å². The van der Waals surface area contributed by atoms with Gasteiger partial charge in [-0.1, -0.05) is 378 Å². The summed E-state index contributed by atoms with van der Waals surface area (Å²) in [6.07, 6.45) is 0. The van der Waals surface area contributed by atoms with Crippen molar-refractivity contribution in [2.24, 2.45) is 0 Å². The molecule has 2 spiro atoms. The Balaban J connectivity index is 0.000000138. The van der Waals surface area contributed by atoms with Gasteiger partial charge in [0.15, 0.2) is 0 Å². The first-order chi connectivity index (χ1) is 66.7. The summed E-state index contributed by atoms with van der Waals surface area (Å²) in [5.41, 5.74) is 49.2. The zero-order valence-electron chi connectivity index (χ0n) is 74.6. The third-order valence-electron chi connectivity index (χ3n) is 30.0. The maximum absolute atomic E-state index is 2.49. The van der Waals surface area contributed by atoms with Crippen molar-refractivity contribution >= 4 is 77.7 Å². The summed E-state index contributed by atoms with van der Waals surface area (Å²) >= 11 is 0. The topological polar surface area (TPSA) is 16.3 Å². The van der Waals surface area contributed by atoms with E-state index >= 15 is 0 Å². The van der Waals surface area contributed by atoms with Crippen LogP contribution in [0.3, 0.4) is 0 Å². The van der Waals surface area contributed by atoms with Crippen LogP contribution in [0.2, 0.25) is 0 Å². The first-order valence-electron chi connectivity index (χ1n) is 47.1. The van der Waals surface area contributed by atoms with E-state index < -0.39 is 5.41 Å². The number of hydrogen-bond donors (Lipinski definition) is 0. The second kappa shape index (κ2) is 30.5. The van der Waals surface area contributed by atoms with Crippen LogP contribution >= 0.6 is 0 Å². The van der Waals surface area contributed by atoms with Crippen LogP contribution in [0.1, 0.15) is 69.5 Å². The lowest BCUT2D eigenvalue weighted by Gasteiger charge is -2.30. The Kier molecular flexibility index (Phi) is 17.5. The molecule has 5 aliphatic carbocycles. The molecule has 5 aliphatic rings. The van der Waals surface area contributed by atoms with Gasteiger partial charge in [0.1, 0.15) is 0 Å². The molecule has 0 radical (unpaired) electrons. The smallest absolute Gasteiger partial charge is 0.0726 e. The number of rotatable bonds is 12. The van der Waals surface area contributed by atoms with E-state index in [4.69, 9.17) is 0 Å². The minimum Gasteiger partial charge on any atom is -0.310 e. The van der Waals surface area contributed by atoms with Gasteiger partial charge in [-0.25, -0.2) is 0 Å². The normalized spacial score (nSPS) is 13.4. The van der Waals surface area contributed by atoms with E-state index in [1.807, 2.05) is 0 Å². The molecule has 2 aromatic heterocycles. The Morgan fingerprint density at radius 2 is 0.437 bits per heavy atom. The highest BCUT2D eigenvalue weighted by Crippen LogP contribution is 2.66. The lowest BCUT2D eigenvalue weighted by molar-refractivity contribution is 0.660. The molecule has 2 heterocycles. The highest BCUT2D eigenvalue weighted by Gasteiger charge is 2.54. The molecule has 0 fully saturated rings. The maximum atomic E-state index is 2.49. The van der Waals surface area contributed by atoms with Gasteiger partial charge in [-0.3, -0.25) is 0 Å². The molecule has 21 aromatic carbocycles. The van der Waals surface area contributed by atoms with Crippen LogP contribution in [-0.4, -0.2) is 9.13 Å². The Morgan fingerprint density at radius 1 is 0.156 bits per heavy atom. The van der Waals surface area contributed by atoms with Crippen LogP contribution in [0.25, 0.3) is 155 Å². The molecule has 0 atom stereocenters. The second-order valence-corrected chi connectivity index (χ2v) is 37.2. The van der Waals surface area contributed by atoms with Gasteiger partial charge < -0.3 is 18.9 Å². The molecular weight excluding hydrogens is 1630 g/mol. The third-order valence-corrected chi connectivity index (χ3v) is 30.0. The van der Waals surface area contributed by atoms with E-state index in [1.54, 1.807) is 0 Å². The van der Waals surface area contributed by atoms with E-state index in [0.717, 1.165) is 45.5 Å². The number of hydrogen-bond acceptors (Lipinski definition) is 2. The molecule has 135 heavy (non-hydrogen) atoms. The van der Waals surface area contributed by atoms with E-state index in [2.05, 4.69) is 530 Å². The number of benzene rings is 21. The Hall–Kier alpha value is -17.2. The van der Waals surface area contributed by atoms with Crippen LogP contribution in [0.4, 0.5) is 34.1 Å². The van der Waals surface area contributed by atoms with E-state index in [-0.39, 0.29) is 10.8 Å². The quantitative estimate of drug-likeness (QED) is 0.121. The largest absolute Gasteiger partial charge is 0.310 e. The molecule has 0 aliphatic heterocycles. The number of nitrogens with zero attached hydrogens (tertiary/aromatic N) is 4. The standard InChI is InChI=1S/C70H48N2.C61H40N2/c1-69(2)61-29-11-6-24-53(61)57-38-35-52(44-66(57)69)71(49-21-4-3-5-22-49)50-23-17-20-47(41-50)45-18-16-19-46(40-45)48-34-37-59-58-28-10-15-33-67(58)72(68(59)42-48)51-36-39-65-60(43-51)56-27-9-14-32-64(56)70(65)62-30-12-7-25-54(62)55-26-8-13-31-63(55)70;1-3-20-45(21-4-1)62(46-22-5-2-6-23-46)47-24-16-19-43(38-47)41-17-15-18-42(37-41)44-33-35-54-53-28-10-14-32-59(53)63(60(54)39-44)48-34-36-52-51-27-9-13-31-57(51)61(58(52)40-48)55-29-11-7-25-49(55)50-26-8-12-30-56(50)61/h3-44H,1-2H3;1-40H. The van der Waals surface area contributed by atoms with E-state index in [1.165, 1.54) is 199 Å². The number of aromatic nitrogens is 2. The summed E-state index contributed by atoms with van der Waals surface area (Å²) in [4.78, 5) is 4.73. The van der Waals surface area contributed by atoms with E-state index in [9.17, 15) is 0 Å². The summed E-state index contributed by atoms with van der Waals surface area (Å²) < 4.78 is 4.98. The molecule has 0 N–H and O–H groups in total.